The highest BCUT2D eigenvalue weighted by atomic mass is 19.1. The Bertz CT molecular complexity index is 1300. The van der Waals surface area contributed by atoms with Gasteiger partial charge in [0.05, 0.1) is 16.8 Å². The van der Waals surface area contributed by atoms with E-state index in [2.05, 4.69) is 20.3 Å². The maximum absolute atomic E-state index is 13.5. The van der Waals surface area contributed by atoms with E-state index < -0.39 is 0 Å². The fourth-order valence-corrected chi connectivity index (χ4v) is 3.98. The molecule has 5 rings (SSSR count). The number of hydrogen-bond acceptors (Lipinski definition) is 5. The molecule has 2 aromatic heterocycles. The van der Waals surface area contributed by atoms with Crippen LogP contribution in [0.5, 0.6) is 0 Å². The maximum Gasteiger partial charge on any atom is 0.253 e. The molecule has 2 aromatic carbocycles. The Hall–Kier alpha value is -3.94. The van der Waals surface area contributed by atoms with Crippen molar-refractivity contribution in [2.45, 2.75) is 18.9 Å². The summed E-state index contributed by atoms with van der Waals surface area (Å²) in [5, 5.41) is 3.85. The van der Waals surface area contributed by atoms with Crippen LogP contribution in [0, 0.1) is 11.6 Å². The number of anilines is 1. The van der Waals surface area contributed by atoms with Crippen LogP contribution < -0.4 is 10.2 Å². The summed E-state index contributed by atoms with van der Waals surface area (Å²) in [6.45, 7) is 1.37. The monoisotopic (exact) mass is 445 g/mol. The Labute approximate surface area is 189 Å². The first-order valence-electron chi connectivity index (χ1n) is 10.8. The third kappa shape index (κ3) is 4.64. The number of fused-ring (bicyclic) bond motifs is 1. The van der Waals surface area contributed by atoms with Crippen molar-refractivity contribution >= 4 is 22.8 Å². The minimum absolute atomic E-state index is 0.0227. The second-order valence-corrected chi connectivity index (χ2v) is 8.05. The Morgan fingerprint density at radius 2 is 1.76 bits per heavy atom. The molecule has 0 radical (unpaired) electrons. The van der Waals surface area contributed by atoms with E-state index in [1.807, 2.05) is 4.90 Å². The van der Waals surface area contributed by atoms with Gasteiger partial charge in [0.1, 0.15) is 11.6 Å². The van der Waals surface area contributed by atoms with E-state index in [4.69, 9.17) is 0 Å². The Morgan fingerprint density at radius 3 is 2.52 bits per heavy atom. The van der Waals surface area contributed by atoms with Crippen LogP contribution in [-0.2, 0) is 0 Å². The van der Waals surface area contributed by atoms with Gasteiger partial charge in [-0.2, -0.15) is 0 Å². The second-order valence-electron chi connectivity index (χ2n) is 8.05. The molecule has 166 valence electrons. The van der Waals surface area contributed by atoms with Crippen LogP contribution in [0.1, 0.15) is 23.2 Å². The van der Waals surface area contributed by atoms with Crippen molar-refractivity contribution in [2.24, 2.45) is 0 Å². The molecule has 0 aliphatic carbocycles. The van der Waals surface area contributed by atoms with Gasteiger partial charge in [0.15, 0.2) is 0 Å². The number of amides is 1. The van der Waals surface area contributed by atoms with E-state index in [1.165, 1.54) is 30.5 Å². The van der Waals surface area contributed by atoms with E-state index in [1.54, 1.807) is 36.5 Å². The molecule has 0 atom stereocenters. The molecule has 0 spiro atoms. The third-order valence-electron chi connectivity index (χ3n) is 5.79. The number of pyridine rings is 1. The summed E-state index contributed by atoms with van der Waals surface area (Å²) >= 11 is 0. The number of halogens is 2. The zero-order chi connectivity index (χ0) is 22.8. The predicted molar refractivity (Wildman–Crippen MR) is 122 cm³/mol. The molecule has 4 aromatic rings. The first-order chi connectivity index (χ1) is 16.0. The summed E-state index contributed by atoms with van der Waals surface area (Å²) in [4.78, 5) is 27.9. The molecule has 1 saturated heterocycles. The van der Waals surface area contributed by atoms with E-state index in [-0.39, 0.29) is 23.6 Å². The summed E-state index contributed by atoms with van der Waals surface area (Å²) in [5.74, 6) is -0.282. The molecule has 8 heteroatoms. The lowest BCUT2D eigenvalue weighted by atomic mass is 10.0. The van der Waals surface area contributed by atoms with Crippen molar-refractivity contribution in [1.82, 2.24) is 20.3 Å². The van der Waals surface area contributed by atoms with Crippen molar-refractivity contribution in [3.05, 3.63) is 84.2 Å². The van der Waals surface area contributed by atoms with E-state index >= 15 is 0 Å². The van der Waals surface area contributed by atoms with Gasteiger partial charge >= 0.3 is 0 Å². The topological polar surface area (TPSA) is 71.0 Å². The van der Waals surface area contributed by atoms with Gasteiger partial charge in [-0.05, 0) is 49.2 Å². The summed E-state index contributed by atoms with van der Waals surface area (Å²) in [7, 11) is 0. The third-order valence-corrected chi connectivity index (χ3v) is 5.79. The Kier molecular flexibility index (Phi) is 5.64. The van der Waals surface area contributed by atoms with Crippen LogP contribution in [0.3, 0.4) is 0 Å². The van der Waals surface area contributed by atoms with Gasteiger partial charge < -0.3 is 10.2 Å². The smallest absolute Gasteiger partial charge is 0.253 e. The first-order valence-corrected chi connectivity index (χ1v) is 10.8. The van der Waals surface area contributed by atoms with E-state index in [0.717, 1.165) is 18.2 Å². The highest BCUT2D eigenvalue weighted by molar-refractivity contribution is 5.94. The maximum atomic E-state index is 13.5. The average molecular weight is 445 g/mol. The summed E-state index contributed by atoms with van der Waals surface area (Å²) in [5.41, 5.74) is 2.30. The molecule has 1 N–H and O–H groups in total. The Morgan fingerprint density at radius 1 is 0.939 bits per heavy atom. The molecular formula is C25H21F2N5O. The van der Waals surface area contributed by atoms with E-state index in [0.29, 0.717) is 41.4 Å². The number of rotatable bonds is 4. The van der Waals surface area contributed by atoms with Crippen molar-refractivity contribution in [2.75, 3.05) is 18.0 Å². The van der Waals surface area contributed by atoms with Crippen LogP contribution >= 0.6 is 0 Å². The number of hydrogen-bond donors (Lipinski definition) is 1. The zero-order valence-electron chi connectivity index (χ0n) is 17.7. The summed E-state index contributed by atoms with van der Waals surface area (Å²) in [6.07, 6.45) is 4.69. The highest BCUT2D eigenvalue weighted by Gasteiger charge is 2.23. The van der Waals surface area contributed by atoms with Gasteiger partial charge in [0.2, 0.25) is 5.95 Å². The highest BCUT2D eigenvalue weighted by Crippen LogP contribution is 2.21. The van der Waals surface area contributed by atoms with Crippen LogP contribution in [0.15, 0.2) is 67.0 Å². The van der Waals surface area contributed by atoms with E-state index in [9.17, 15) is 13.6 Å². The lowest BCUT2D eigenvalue weighted by Crippen LogP contribution is -2.45. The standard InChI is InChI=1S/C25H21F2N5O/c26-19-3-1-2-16(12-19)22-7-5-18(15-28-22)24(33)30-21-8-10-32(11-9-21)25-29-14-17-4-6-20(27)13-23(17)31-25/h1-7,12-15,21H,8-11H2,(H,30,33). The van der Waals surface area contributed by atoms with Gasteiger partial charge in [-0.15, -0.1) is 0 Å². The Balaban J connectivity index is 1.19. The summed E-state index contributed by atoms with van der Waals surface area (Å²) in [6, 6.07) is 14.1. The van der Waals surface area contributed by atoms with Gasteiger partial charge in [-0.1, -0.05) is 12.1 Å². The normalized spacial score (nSPS) is 14.4. The van der Waals surface area contributed by atoms with Gasteiger partial charge in [-0.3, -0.25) is 9.78 Å². The number of carbonyl (C=O) groups excluding carboxylic acids is 1. The van der Waals surface area contributed by atoms with Crippen molar-refractivity contribution in [3.8, 4) is 11.3 Å². The van der Waals surface area contributed by atoms with Crippen LogP contribution in [0.25, 0.3) is 22.2 Å². The molecule has 1 amide bonds. The molecule has 1 aliphatic heterocycles. The molecule has 6 nitrogen and oxygen atoms in total. The zero-order valence-corrected chi connectivity index (χ0v) is 17.7. The van der Waals surface area contributed by atoms with Crippen molar-refractivity contribution < 1.29 is 13.6 Å². The molecule has 0 saturated carbocycles. The number of nitrogens with zero attached hydrogens (tertiary/aromatic N) is 4. The lowest BCUT2D eigenvalue weighted by molar-refractivity contribution is 0.0930. The summed E-state index contributed by atoms with van der Waals surface area (Å²) < 4.78 is 26.9. The molecule has 1 fully saturated rings. The van der Waals surface area contributed by atoms with Gasteiger partial charge in [0, 0.05) is 48.5 Å². The lowest BCUT2D eigenvalue weighted by Gasteiger charge is -2.32. The van der Waals surface area contributed by atoms with Crippen molar-refractivity contribution in [3.63, 3.8) is 0 Å². The minimum atomic E-state index is -0.330. The van der Waals surface area contributed by atoms with Crippen LogP contribution in [-0.4, -0.2) is 40.0 Å². The molecule has 1 aliphatic rings. The fourth-order valence-electron chi connectivity index (χ4n) is 3.98. The number of piperidine rings is 1. The van der Waals surface area contributed by atoms with Crippen molar-refractivity contribution in [1.29, 1.82) is 0 Å². The fraction of sp³-hybridized carbons (Fsp3) is 0.200. The SMILES string of the molecule is O=C(NC1CCN(c2ncc3ccc(F)cc3n2)CC1)c1ccc(-c2cccc(F)c2)nc1. The molecule has 0 unspecified atom stereocenters. The largest absolute Gasteiger partial charge is 0.349 e. The molecule has 3 heterocycles. The molecule has 0 bridgehead atoms. The van der Waals surface area contributed by atoms with Gasteiger partial charge in [0.25, 0.3) is 5.91 Å². The number of nitrogens with one attached hydrogen (secondary N) is 1. The number of carbonyl (C=O) groups is 1. The minimum Gasteiger partial charge on any atom is -0.349 e. The second kappa shape index (κ2) is 8.90. The number of benzene rings is 2. The number of aromatic nitrogens is 3. The van der Waals surface area contributed by atoms with Crippen LogP contribution in [0.4, 0.5) is 14.7 Å². The van der Waals surface area contributed by atoms with Crippen LogP contribution in [0.2, 0.25) is 0 Å². The first kappa shape index (κ1) is 20.9. The quantitative estimate of drug-likeness (QED) is 0.505. The average Bonchev–Trinajstić information content (AvgIpc) is 2.84. The predicted octanol–water partition coefficient (Wildman–Crippen LogP) is 4.37. The molecular weight excluding hydrogens is 424 g/mol. The van der Waals surface area contributed by atoms with Gasteiger partial charge in [-0.25, -0.2) is 18.7 Å². The molecule has 33 heavy (non-hydrogen) atoms.